The summed E-state index contributed by atoms with van der Waals surface area (Å²) in [6.45, 7) is 0.946. The van der Waals surface area contributed by atoms with E-state index in [0.29, 0.717) is 45.9 Å². The molecule has 0 aliphatic rings. The van der Waals surface area contributed by atoms with Crippen LogP contribution in [0.4, 0.5) is 5.69 Å². The van der Waals surface area contributed by atoms with Crippen LogP contribution >= 0.6 is 35.0 Å². The van der Waals surface area contributed by atoms with Crippen molar-refractivity contribution in [2.45, 2.75) is 11.4 Å². The van der Waals surface area contributed by atoms with Gasteiger partial charge in [0.2, 0.25) is 5.91 Å². The van der Waals surface area contributed by atoms with Gasteiger partial charge in [-0.2, -0.15) is 0 Å². The molecule has 4 aromatic rings. The van der Waals surface area contributed by atoms with Crippen LogP contribution in [-0.2, 0) is 11.3 Å². The lowest BCUT2D eigenvalue weighted by atomic mass is 10.2. The van der Waals surface area contributed by atoms with Gasteiger partial charge in [-0.25, -0.2) is 0 Å². The van der Waals surface area contributed by atoms with Gasteiger partial charge in [0.05, 0.1) is 36.2 Å². The highest BCUT2D eigenvalue weighted by molar-refractivity contribution is 8.00. The van der Waals surface area contributed by atoms with Crippen LogP contribution in [0.1, 0.15) is 10.4 Å². The Labute approximate surface area is 229 Å². The average Bonchev–Trinajstić information content (AvgIpc) is 3.25. The summed E-state index contributed by atoms with van der Waals surface area (Å²) in [5.41, 5.74) is 1.93. The van der Waals surface area contributed by atoms with E-state index in [9.17, 15) is 9.59 Å². The Kier molecular flexibility index (Phi) is 8.87. The molecule has 10 heteroatoms. The summed E-state index contributed by atoms with van der Waals surface area (Å²) >= 11 is 13.5. The van der Waals surface area contributed by atoms with E-state index >= 15 is 0 Å². The van der Waals surface area contributed by atoms with Crippen LogP contribution in [0.2, 0.25) is 10.0 Å². The number of hydrogen-bond donors (Lipinski definition) is 2. The van der Waals surface area contributed by atoms with Gasteiger partial charge in [-0.3, -0.25) is 9.59 Å². The molecule has 2 amide bonds. The summed E-state index contributed by atoms with van der Waals surface area (Å²) in [6, 6.07) is 18.0. The quantitative estimate of drug-likeness (QED) is 0.229. The van der Waals surface area contributed by atoms with E-state index in [4.69, 9.17) is 32.7 Å². The molecule has 0 saturated carbocycles. The van der Waals surface area contributed by atoms with E-state index < -0.39 is 0 Å². The number of nitrogens with zero attached hydrogens (tertiary/aromatic N) is 1. The molecule has 0 radical (unpaired) electrons. The molecule has 0 saturated heterocycles. The van der Waals surface area contributed by atoms with Crippen molar-refractivity contribution in [2.24, 2.45) is 0 Å². The smallest absolute Gasteiger partial charge is 0.252 e. The van der Waals surface area contributed by atoms with Crippen molar-refractivity contribution < 1.29 is 19.1 Å². The zero-order valence-corrected chi connectivity index (χ0v) is 22.5. The first-order valence-corrected chi connectivity index (χ1v) is 13.1. The molecule has 0 bridgehead atoms. The predicted octanol–water partition coefficient (Wildman–Crippen LogP) is 6.13. The zero-order chi connectivity index (χ0) is 26.4. The first-order valence-electron chi connectivity index (χ1n) is 11.4. The van der Waals surface area contributed by atoms with E-state index in [0.717, 1.165) is 15.8 Å². The molecule has 37 heavy (non-hydrogen) atoms. The predicted molar refractivity (Wildman–Crippen MR) is 150 cm³/mol. The largest absolute Gasteiger partial charge is 0.497 e. The molecular weight excluding hydrogens is 533 g/mol. The van der Waals surface area contributed by atoms with Gasteiger partial charge in [-0.15, -0.1) is 11.8 Å². The molecule has 4 rings (SSSR count). The third kappa shape index (κ3) is 6.52. The second kappa shape index (κ2) is 12.3. The molecule has 0 atom stereocenters. The SMILES string of the molecule is COc1ccc(OC)c(NC(=O)CSc2cn(CCNC(=O)c3ccc(Cl)cc3Cl)c3ccccc23)c1. The monoisotopic (exact) mass is 557 g/mol. The topological polar surface area (TPSA) is 81.6 Å². The first kappa shape index (κ1) is 26.7. The summed E-state index contributed by atoms with van der Waals surface area (Å²) in [6.07, 6.45) is 2.00. The maximum absolute atomic E-state index is 12.7. The number of aromatic nitrogens is 1. The Balaban J connectivity index is 1.40. The van der Waals surface area contributed by atoms with Gasteiger partial charge in [0.15, 0.2) is 0 Å². The second-order valence-corrected chi connectivity index (χ2v) is 9.85. The molecule has 0 aliphatic heterocycles. The molecule has 0 unspecified atom stereocenters. The maximum Gasteiger partial charge on any atom is 0.252 e. The number of amides is 2. The number of nitrogens with one attached hydrogen (secondary N) is 2. The highest BCUT2D eigenvalue weighted by Crippen LogP contribution is 2.32. The summed E-state index contributed by atoms with van der Waals surface area (Å²) in [7, 11) is 3.12. The number of carbonyl (C=O) groups is 2. The molecule has 7 nitrogen and oxygen atoms in total. The van der Waals surface area contributed by atoms with Gasteiger partial charge in [-0.05, 0) is 36.4 Å². The normalized spacial score (nSPS) is 10.8. The fourth-order valence-electron chi connectivity index (χ4n) is 3.81. The lowest BCUT2D eigenvalue weighted by Gasteiger charge is -2.11. The number of benzene rings is 3. The fraction of sp³-hybridized carbons (Fsp3) is 0.185. The minimum Gasteiger partial charge on any atom is -0.497 e. The Hall–Kier alpha value is -3.33. The van der Waals surface area contributed by atoms with Crippen LogP contribution in [0, 0.1) is 0 Å². The highest BCUT2D eigenvalue weighted by atomic mass is 35.5. The summed E-state index contributed by atoms with van der Waals surface area (Å²) in [4.78, 5) is 26.2. The van der Waals surface area contributed by atoms with Crippen LogP contribution in [0.5, 0.6) is 11.5 Å². The number of anilines is 1. The van der Waals surface area contributed by atoms with Crippen LogP contribution in [0.3, 0.4) is 0 Å². The summed E-state index contributed by atoms with van der Waals surface area (Å²) in [5.74, 6) is 0.952. The molecule has 2 N–H and O–H groups in total. The fourth-order valence-corrected chi connectivity index (χ4v) is 5.20. The van der Waals surface area contributed by atoms with E-state index in [2.05, 4.69) is 15.2 Å². The van der Waals surface area contributed by atoms with Crippen molar-refractivity contribution in [3.63, 3.8) is 0 Å². The molecular formula is C27H25Cl2N3O4S. The van der Waals surface area contributed by atoms with E-state index in [-0.39, 0.29) is 17.6 Å². The molecule has 0 spiro atoms. The standard InChI is InChI=1S/C27H25Cl2N3O4S/c1-35-18-8-10-24(36-2)22(14-18)31-26(33)16-37-25-15-32(23-6-4-3-5-20(23)25)12-11-30-27(34)19-9-7-17(28)13-21(19)29/h3-10,13-15H,11-12,16H2,1-2H3,(H,30,34)(H,31,33). The number of thioether (sulfide) groups is 1. The van der Waals surface area contributed by atoms with Gasteiger partial charge in [0.25, 0.3) is 5.91 Å². The van der Waals surface area contributed by atoms with Gasteiger partial charge < -0.3 is 24.7 Å². The molecule has 1 aromatic heterocycles. The number of fused-ring (bicyclic) bond motifs is 1. The number of hydrogen-bond acceptors (Lipinski definition) is 5. The lowest BCUT2D eigenvalue weighted by Crippen LogP contribution is -2.27. The van der Waals surface area contributed by atoms with Crippen molar-refractivity contribution in [1.82, 2.24) is 9.88 Å². The van der Waals surface area contributed by atoms with Crippen LogP contribution in [0.25, 0.3) is 10.9 Å². The first-order chi connectivity index (χ1) is 17.9. The van der Waals surface area contributed by atoms with E-state index in [1.807, 2.05) is 30.5 Å². The van der Waals surface area contributed by atoms with Crippen molar-refractivity contribution >= 4 is 63.4 Å². The highest BCUT2D eigenvalue weighted by Gasteiger charge is 2.14. The molecule has 3 aromatic carbocycles. The number of para-hydroxylation sites is 1. The van der Waals surface area contributed by atoms with Crippen LogP contribution in [-0.4, -0.2) is 42.9 Å². The molecule has 0 fully saturated rings. The average molecular weight is 558 g/mol. The summed E-state index contributed by atoms with van der Waals surface area (Å²) < 4.78 is 12.6. The van der Waals surface area contributed by atoms with Crippen molar-refractivity contribution in [2.75, 3.05) is 31.8 Å². The third-order valence-corrected chi connectivity index (χ3v) is 7.20. The van der Waals surface area contributed by atoms with Gasteiger partial charge in [-0.1, -0.05) is 41.4 Å². The molecule has 192 valence electrons. The number of ether oxygens (including phenoxy) is 2. The second-order valence-electron chi connectivity index (χ2n) is 7.99. The molecule has 0 aliphatic carbocycles. The molecule has 1 heterocycles. The third-order valence-electron chi connectivity index (χ3n) is 5.61. The Morgan fingerprint density at radius 3 is 2.57 bits per heavy atom. The Morgan fingerprint density at radius 2 is 1.81 bits per heavy atom. The van der Waals surface area contributed by atoms with E-state index in [1.165, 1.54) is 11.8 Å². The minimum absolute atomic E-state index is 0.166. The Morgan fingerprint density at radius 1 is 1.00 bits per heavy atom. The zero-order valence-electron chi connectivity index (χ0n) is 20.2. The van der Waals surface area contributed by atoms with Gasteiger partial charge in [0, 0.05) is 46.2 Å². The number of rotatable bonds is 10. The van der Waals surface area contributed by atoms with E-state index in [1.54, 1.807) is 50.6 Å². The van der Waals surface area contributed by atoms with Gasteiger partial charge >= 0.3 is 0 Å². The van der Waals surface area contributed by atoms with Crippen LogP contribution in [0.15, 0.2) is 71.8 Å². The minimum atomic E-state index is -0.266. The maximum atomic E-state index is 12.7. The summed E-state index contributed by atoms with van der Waals surface area (Å²) in [5, 5.41) is 7.61. The Bertz CT molecular complexity index is 1440. The number of methoxy groups -OCH3 is 2. The number of halogens is 2. The number of carbonyl (C=O) groups excluding carboxylic acids is 2. The van der Waals surface area contributed by atoms with Crippen LogP contribution < -0.4 is 20.1 Å². The van der Waals surface area contributed by atoms with Crippen molar-refractivity contribution in [1.29, 1.82) is 0 Å². The van der Waals surface area contributed by atoms with Crippen molar-refractivity contribution in [3.8, 4) is 11.5 Å². The van der Waals surface area contributed by atoms with Crippen molar-refractivity contribution in [3.05, 3.63) is 82.5 Å². The lowest BCUT2D eigenvalue weighted by molar-refractivity contribution is -0.113. The van der Waals surface area contributed by atoms with Gasteiger partial charge in [0.1, 0.15) is 11.5 Å².